The number of carboxylic acid groups (broad SMARTS) is 2. The number of aromatic hydroxyl groups is 2. The van der Waals surface area contributed by atoms with Crippen LogP contribution in [0.2, 0.25) is 0 Å². The number of phenols is 2. The molecule has 0 radical (unpaired) electrons. The van der Waals surface area contributed by atoms with E-state index in [4.69, 9.17) is 11.5 Å². The number of nitrogens with two attached hydrogens (primary N) is 2. The number of unbranched alkanes of at least 4 members (excludes halogenated alkanes) is 1. The molecule has 44 heteroatoms. The number of benzene rings is 5. The van der Waals surface area contributed by atoms with Crippen molar-refractivity contribution in [3.63, 3.8) is 0 Å². The Morgan fingerprint density at radius 1 is 0.515 bits per heavy atom. The zero-order valence-electron chi connectivity index (χ0n) is 75.6. The SMILES string of the molecule is CCCC[C@H]1C(=O)N2CCC[C@@H]2C(=O)N[C@@H](CC(=O)O)C(=O)N[C@@H](C(C)C)C(=O)N(C)[C@@H](Cc2ccccc2)C(=O)N[C@@H](CCC(=O)O)C(=O)N2C[C@H](O)C[C@@H]2C(=O)N[C@@H](Cc2c[nH]c3ccccc23)C(=O)N[C@@H](Cc2ccc(O)cc2)C(=O)N[C@@H](CCC(N)=O)C(=O)N[C@H](C(=O)NCC(N)=O)CSCC(=O)N[C@@H](Cc2cc(F)c(F)c(F)c2)C(=O)N(C)[C@@H](Cc2ccc(O)cc2)C(=O)N1C. The van der Waals surface area contributed by atoms with Crippen molar-refractivity contribution >= 4 is 129 Å². The molecule has 4 heterocycles. The Morgan fingerprint density at radius 3 is 1.67 bits per heavy atom. The van der Waals surface area contributed by atoms with Gasteiger partial charge in [0, 0.05) is 108 Å². The summed E-state index contributed by atoms with van der Waals surface area (Å²) in [5.41, 5.74) is 12.4. The van der Waals surface area contributed by atoms with E-state index in [0.717, 1.165) is 31.5 Å². The fraction of sp³-hybridized carbons (Fsp3) is 0.457. The summed E-state index contributed by atoms with van der Waals surface area (Å²) >= 11 is 0.566. The van der Waals surface area contributed by atoms with Gasteiger partial charge in [-0.05, 0) is 108 Å². The monoisotopic (exact) mass is 1910 g/mol. The van der Waals surface area contributed by atoms with Gasteiger partial charge >= 0.3 is 11.9 Å². The second-order valence-corrected chi connectivity index (χ2v) is 35.2. The van der Waals surface area contributed by atoms with Crippen molar-refractivity contribution < 1.29 is 125 Å². The summed E-state index contributed by atoms with van der Waals surface area (Å²) in [6.45, 7) is 3.08. The lowest BCUT2D eigenvalue weighted by Crippen LogP contribution is -2.62. The number of aliphatic carboxylic acids is 2. The number of aliphatic hydroxyl groups excluding tert-OH is 1. The number of rotatable bonds is 25. The second kappa shape index (κ2) is 49.2. The molecule has 3 fully saturated rings. The van der Waals surface area contributed by atoms with Crippen molar-refractivity contribution in [3.05, 3.63) is 167 Å². The Bertz CT molecular complexity index is 5370. The first-order valence-corrected chi connectivity index (χ1v) is 45.3. The predicted molar refractivity (Wildman–Crippen MR) is 483 cm³/mol. The average molecular weight is 1920 g/mol. The van der Waals surface area contributed by atoms with Crippen molar-refractivity contribution in [2.24, 2.45) is 17.4 Å². The van der Waals surface area contributed by atoms with Crippen LogP contribution in [0.1, 0.15) is 119 Å². The number of halogens is 3. The quantitative estimate of drug-likeness (QED) is 0.0325. The molecule has 0 unspecified atom stereocenters. The molecule has 136 heavy (non-hydrogen) atoms. The van der Waals surface area contributed by atoms with Gasteiger partial charge in [-0.1, -0.05) is 106 Å². The number of hydrogen-bond acceptors (Lipinski definition) is 22. The minimum atomic E-state index is -2.01. The largest absolute Gasteiger partial charge is 0.508 e. The van der Waals surface area contributed by atoms with E-state index >= 15 is 51.9 Å². The number of para-hydroxylation sites is 1. The Kier molecular flexibility index (Phi) is 38.1. The number of hydrogen-bond donors (Lipinski definition) is 17. The van der Waals surface area contributed by atoms with Crippen LogP contribution in [0.4, 0.5) is 13.2 Å². The molecular formula is C92H114F3N17O23S. The molecule has 0 bridgehead atoms. The number of thioether (sulfide) groups is 1. The minimum absolute atomic E-state index is 0.101. The van der Waals surface area contributed by atoms with Gasteiger partial charge in [-0.15, -0.1) is 11.8 Å². The first kappa shape index (κ1) is 105. The van der Waals surface area contributed by atoms with Gasteiger partial charge in [-0.2, -0.15) is 0 Å². The molecule has 1 aromatic heterocycles. The van der Waals surface area contributed by atoms with E-state index in [1.54, 1.807) is 61.5 Å². The third kappa shape index (κ3) is 29.2. The molecule has 3 saturated heterocycles. The summed E-state index contributed by atoms with van der Waals surface area (Å²) in [5, 5.41) is 75.7. The number of phenolic OH excluding ortho intramolecular Hbond substituents is 2. The Balaban J connectivity index is 1.15. The highest BCUT2D eigenvalue weighted by Crippen LogP contribution is 2.29. The number of H-pyrrole nitrogens is 1. The lowest BCUT2D eigenvalue weighted by Gasteiger charge is -2.38. The summed E-state index contributed by atoms with van der Waals surface area (Å²) in [7, 11) is 3.51. The summed E-state index contributed by atoms with van der Waals surface area (Å²) in [5.74, 6) is -29.0. The van der Waals surface area contributed by atoms with Gasteiger partial charge in [0.05, 0.1) is 24.8 Å². The molecule has 16 amide bonds. The van der Waals surface area contributed by atoms with E-state index in [1.165, 1.54) is 82.7 Å². The molecule has 9 rings (SSSR count). The van der Waals surface area contributed by atoms with E-state index in [0.29, 0.717) is 52.3 Å². The first-order valence-electron chi connectivity index (χ1n) is 44.2. The molecule has 5 aromatic carbocycles. The van der Waals surface area contributed by atoms with Crippen molar-refractivity contribution in [1.29, 1.82) is 0 Å². The molecule has 0 saturated carbocycles. The number of aliphatic hydroxyl groups is 1. The Hall–Kier alpha value is -14.2. The number of primary amides is 2. The van der Waals surface area contributed by atoms with Crippen LogP contribution in [-0.2, 0) is 118 Å². The van der Waals surface area contributed by atoms with Gasteiger partial charge < -0.3 is 114 Å². The van der Waals surface area contributed by atoms with Crippen molar-refractivity contribution in [3.8, 4) is 11.5 Å². The van der Waals surface area contributed by atoms with Crippen molar-refractivity contribution in [1.82, 2.24) is 77.3 Å². The van der Waals surface area contributed by atoms with Gasteiger partial charge in [-0.3, -0.25) is 86.3 Å². The zero-order valence-corrected chi connectivity index (χ0v) is 76.4. The Labute approximate surface area is 783 Å². The third-order valence-corrected chi connectivity index (χ3v) is 24.8. The number of carbonyl (C=O) groups excluding carboxylic acids is 16. The highest BCUT2D eigenvalue weighted by molar-refractivity contribution is 8.00. The number of fused-ring (bicyclic) bond motifs is 3. The molecule has 0 spiro atoms. The van der Waals surface area contributed by atoms with Crippen molar-refractivity contribution in [2.75, 3.05) is 52.3 Å². The van der Waals surface area contributed by atoms with Crippen LogP contribution in [0.15, 0.2) is 121 Å². The average Bonchev–Trinajstić information content (AvgIpc) is 1.45. The first-order chi connectivity index (χ1) is 64.5. The molecule has 14 atom stereocenters. The maximum atomic E-state index is 15.7. The summed E-state index contributed by atoms with van der Waals surface area (Å²) in [6, 6.07) is 3.26. The van der Waals surface area contributed by atoms with Gasteiger partial charge in [0.25, 0.3) is 0 Å². The molecule has 6 aromatic rings. The van der Waals surface area contributed by atoms with E-state index in [9.17, 15) is 73.1 Å². The van der Waals surface area contributed by atoms with Crippen LogP contribution in [-0.4, -0.2) is 298 Å². The summed E-state index contributed by atoms with van der Waals surface area (Å²) in [6.07, 6.45) is -6.51. The van der Waals surface area contributed by atoms with Gasteiger partial charge in [0.2, 0.25) is 94.5 Å². The van der Waals surface area contributed by atoms with Crippen LogP contribution in [0, 0.1) is 23.4 Å². The molecule has 40 nitrogen and oxygen atoms in total. The zero-order chi connectivity index (χ0) is 99.6. The highest BCUT2D eigenvalue weighted by atomic mass is 32.2. The van der Waals surface area contributed by atoms with Crippen LogP contribution in [0.3, 0.4) is 0 Å². The highest BCUT2D eigenvalue weighted by Gasteiger charge is 2.48. The number of likely N-dealkylation sites (N-methyl/N-ethyl adjacent to an activating group) is 3. The molecule has 0 aliphatic carbocycles. The third-order valence-electron chi connectivity index (χ3n) is 23.8. The number of amides is 16. The molecule has 732 valence electrons. The fourth-order valence-electron chi connectivity index (χ4n) is 16.3. The van der Waals surface area contributed by atoms with E-state index < -0.39 is 309 Å². The molecule has 3 aliphatic heterocycles. The van der Waals surface area contributed by atoms with Gasteiger partial charge in [-0.25, -0.2) is 13.2 Å². The fourth-order valence-corrected chi connectivity index (χ4v) is 17.2. The van der Waals surface area contributed by atoms with Crippen LogP contribution >= 0.6 is 11.8 Å². The number of nitrogens with one attached hydrogen (secondary N) is 10. The second-order valence-electron chi connectivity index (χ2n) is 34.1. The number of nitrogens with zero attached hydrogens (tertiary/aromatic N) is 5. The van der Waals surface area contributed by atoms with Gasteiger partial charge in [0.1, 0.15) is 90.0 Å². The number of aromatic amines is 1. The molecule has 19 N–H and O–H groups in total. The van der Waals surface area contributed by atoms with Crippen LogP contribution in [0.5, 0.6) is 11.5 Å². The topological polar surface area (TPSA) is 601 Å². The number of carboxylic acids is 2. The minimum Gasteiger partial charge on any atom is -0.508 e. The van der Waals surface area contributed by atoms with Crippen LogP contribution < -0.4 is 59.3 Å². The number of aromatic nitrogens is 1. The smallest absolute Gasteiger partial charge is 0.305 e. The maximum absolute atomic E-state index is 15.7. The molecular weight excluding hydrogens is 1800 g/mol. The summed E-state index contributed by atoms with van der Waals surface area (Å²) < 4.78 is 45.1. The summed E-state index contributed by atoms with van der Waals surface area (Å²) in [4.78, 5) is 270. The lowest BCUT2D eigenvalue weighted by atomic mass is 9.98. The maximum Gasteiger partial charge on any atom is 0.305 e. The van der Waals surface area contributed by atoms with E-state index in [2.05, 4.69) is 52.8 Å². The predicted octanol–water partition coefficient (Wildman–Crippen LogP) is -0.379. The van der Waals surface area contributed by atoms with E-state index in [-0.39, 0.29) is 61.3 Å². The van der Waals surface area contributed by atoms with Crippen molar-refractivity contribution in [2.45, 2.75) is 208 Å². The Morgan fingerprint density at radius 2 is 1.05 bits per heavy atom. The molecule has 3 aliphatic rings. The standard InChI is InChI=1S/C92H114F3N17O23S/c1-7-8-19-69-91(134)111-33-14-20-68(111)85(128)105-65(42-77(121)122)84(127)107-79(48(2)3)92(135)109(5)70(38-49-15-10-9-11-16-49)86(129)102-62(30-32-76(119)120)89(132)112-45-56(115)41-71(112)87(130)104-64(40-53-43-98-60-18-13-12-17-57(53)60)83(126)103-63(36-50-21-25-54(113)26-22-50)82(125)101-61(29-31-73(96)116)81(124)106-67(80(123)99-44-74(97)117)46-136-47-75(118)100-66(37-52-34-58(93)78(95)59(94)35-52)88(131)110(6)72(90(133)108(69)4)39-51-23-27-55(114)28-24-51/h9-13,15-18,21-28,34-35,43,48,56,61-72,79,98,113-115H,7-8,14,19-20,29-33,36-42,44-47H2,1-6H3,(H2,96,116)(H2,97,117)(H,99,123)(H,100,118)(H,101,125)(H,102,129)(H,103,126)(H,104,130)(H,105,128)(H,106,124)(H,107,127)(H,119,120)(H,121,122)/t56-,61+,62+,63+,64+,65+,66+,67+,68-,69+,70+,71-,72+,79+/m1/s1. The van der Waals surface area contributed by atoms with E-state index in [1.807, 2.05) is 0 Å². The van der Waals surface area contributed by atoms with Gasteiger partial charge in [0.15, 0.2) is 17.5 Å². The van der Waals surface area contributed by atoms with Crippen LogP contribution in [0.25, 0.3) is 10.9 Å². The normalized spacial score (nSPS) is 23.8. The lowest BCUT2D eigenvalue weighted by molar-refractivity contribution is -0.152. The number of carbonyl (C=O) groups is 18.